The SMILES string of the molecule is O=C(CC1CC1)N1CC(c2ccccc2)[C@@H](CN2CCC3(CC2)CCN(Cc2ccc(-n4cccn4)cc2)C3=O)C1. The average molecular weight is 552 g/mol. The van der Waals surface area contributed by atoms with Gasteiger partial charge in [-0.05, 0) is 86.4 Å². The Morgan fingerprint density at radius 1 is 0.902 bits per heavy atom. The number of likely N-dealkylation sites (tertiary alicyclic amines) is 3. The van der Waals surface area contributed by atoms with E-state index in [2.05, 4.69) is 74.4 Å². The van der Waals surface area contributed by atoms with Crippen LogP contribution in [-0.2, 0) is 16.1 Å². The number of hydrogen-bond acceptors (Lipinski definition) is 4. The molecule has 7 rings (SSSR count). The highest BCUT2D eigenvalue weighted by molar-refractivity contribution is 5.85. The molecule has 3 aliphatic heterocycles. The lowest BCUT2D eigenvalue weighted by molar-refractivity contribution is -0.139. The number of hydrogen-bond donors (Lipinski definition) is 0. The van der Waals surface area contributed by atoms with Crippen molar-refractivity contribution in [3.63, 3.8) is 0 Å². The fourth-order valence-electron chi connectivity index (χ4n) is 7.43. The Bertz CT molecular complexity index is 1340. The van der Waals surface area contributed by atoms with Gasteiger partial charge in [-0.25, -0.2) is 4.68 Å². The number of rotatable bonds is 8. The van der Waals surface area contributed by atoms with Gasteiger partial charge in [-0.3, -0.25) is 9.59 Å². The summed E-state index contributed by atoms with van der Waals surface area (Å²) in [7, 11) is 0. The molecule has 3 saturated heterocycles. The first-order valence-electron chi connectivity index (χ1n) is 15.5. The van der Waals surface area contributed by atoms with Crippen molar-refractivity contribution in [2.75, 3.05) is 39.3 Å². The van der Waals surface area contributed by atoms with E-state index in [1.54, 1.807) is 6.20 Å². The Labute approximate surface area is 243 Å². The zero-order chi connectivity index (χ0) is 27.8. The number of benzene rings is 2. The Morgan fingerprint density at radius 3 is 2.37 bits per heavy atom. The normalized spacial score (nSPS) is 24.4. The fourth-order valence-corrected chi connectivity index (χ4v) is 7.43. The molecule has 41 heavy (non-hydrogen) atoms. The summed E-state index contributed by atoms with van der Waals surface area (Å²) in [5.74, 6) is 2.14. The Balaban J connectivity index is 0.957. The van der Waals surface area contributed by atoms with Crippen molar-refractivity contribution >= 4 is 11.8 Å². The van der Waals surface area contributed by atoms with E-state index < -0.39 is 0 Å². The van der Waals surface area contributed by atoms with Gasteiger partial charge in [0, 0.05) is 57.5 Å². The highest BCUT2D eigenvalue weighted by Crippen LogP contribution is 2.43. The zero-order valence-electron chi connectivity index (χ0n) is 23.9. The number of piperidine rings is 1. The van der Waals surface area contributed by atoms with Gasteiger partial charge in [-0.1, -0.05) is 42.5 Å². The van der Waals surface area contributed by atoms with Gasteiger partial charge in [-0.15, -0.1) is 0 Å². The molecule has 1 aromatic heterocycles. The summed E-state index contributed by atoms with van der Waals surface area (Å²) >= 11 is 0. The predicted octanol–water partition coefficient (Wildman–Crippen LogP) is 4.73. The molecule has 0 bridgehead atoms. The Hall–Kier alpha value is -3.45. The molecule has 4 heterocycles. The maximum absolute atomic E-state index is 13.7. The summed E-state index contributed by atoms with van der Waals surface area (Å²) in [5.41, 5.74) is 3.35. The van der Waals surface area contributed by atoms with Gasteiger partial charge in [0.05, 0.1) is 11.1 Å². The van der Waals surface area contributed by atoms with Crippen LogP contribution in [0.15, 0.2) is 73.1 Å². The van der Waals surface area contributed by atoms with Crippen LogP contribution in [0, 0.1) is 17.3 Å². The maximum Gasteiger partial charge on any atom is 0.229 e. The van der Waals surface area contributed by atoms with E-state index in [-0.39, 0.29) is 5.41 Å². The molecule has 2 atom stereocenters. The highest BCUT2D eigenvalue weighted by atomic mass is 16.2. The Kier molecular flexibility index (Phi) is 7.15. The van der Waals surface area contributed by atoms with Crippen LogP contribution in [-0.4, -0.2) is 75.6 Å². The summed E-state index contributed by atoms with van der Waals surface area (Å²) in [6.45, 7) is 6.15. The topological polar surface area (TPSA) is 61.7 Å². The molecule has 4 fully saturated rings. The monoisotopic (exact) mass is 551 g/mol. The van der Waals surface area contributed by atoms with Gasteiger partial charge in [0.1, 0.15) is 0 Å². The molecule has 3 aromatic rings. The van der Waals surface area contributed by atoms with E-state index in [0.717, 1.165) is 76.2 Å². The third-order valence-electron chi connectivity index (χ3n) is 10.2. The minimum atomic E-state index is -0.202. The van der Waals surface area contributed by atoms with Crippen molar-refractivity contribution in [3.8, 4) is 5.69 Å². The van der Waals surface area contributed by atoms with Crippen LogP contribution in [0.3, 0.4) is 0 Å². The van der Waals surface area contributed by atoms with E-state index in [9.17, 15) is 9.59 Å². The van der Waals surface area contributed by atoms with Gasteiger partial charge in [0.2, 0.25) is 11.8 Å². The minimum absolute atomic E-state index is 0.202. The molecule has 214 valence electrons. The molecular formula is C34H41N5O2. The van der Waals surface area contributed by atoms with Gasteiger partial charge < -0.3 is 14.7 Å². The molecule has 1 unspecified atom stereocenters. The lowest BCUT2D eigenvalue weighted by Crippen LogP contribution is -2.46. The zero-order valence-corrected chi connectivity index (χ0v) is 23.9. The van der Waals surface area contributed by atoms with Gasteiger partial charge in [0.15, 0.2) is 0 Å². The smallest absolute Gasteiger partial charge is 0.229 e. The lowest BCUT2D eigenvalue weighted by atomic mass is 9.76. The molecule has 7 nitrogen and oxygen atoms in total. The van der Waals surface area contributed by atoms with Crippen LogP contribution in [0.25, 0.3) is 5.69 Å². The van der Waals surface area contributed by atoms with Crippen LogP contribution in [0.4, 0.5) is 0 Å². The number of nitrogens with zero attached hydrogens (tertiary/aromatic N) is 5. The minimum Gasteiger partial charge on any atom is -0.342 e. The van der Waals surface area contributed by atoms with Crippen LogP contribution < -0.4 is 0 Å². The summed E-state index contributed by atoms with van der Waals surface area (Å²) in [6, 6.07) is 21.1. The number of carbonyl (C=O) groups is 2. The van der Waals surface area contributed by atoms with E-state index in [4.69, 9.17) is 0 Å². The third-order valence-corrected chi connectivity index (χ3v) is 10.2. The molecule has 4 aliphatic rings. The molecule has 0 radical (unpaired) electrons. The first kappa shape index (κ1) is 26.4. The first-order chi connectivity index (χ1) is 20.1. The van der Waals surface area contributed by atoms with Crippen molar-refractivity contribution in [1.82, 2.24) is 24.5 Å². The number of carbonyl (C=O) groups excluding carboxylic acids is 2. The molecule has 1 saturated carbocycles. The molecule has 7 heteroatoms. The molecular weight excluding hydrogens is 510 g/mol. The fraction of sp³-hybridized carbons (Fsp3) is 0.500. The first-order valence-corrected chi connectivity index (χ1v) is 15.5. The van der Waals surface area contributed by atoms with E-state index in [1.165, 1.54) is 18.4 Å². The molecule has 2 amide bonds. The average Bonchev–Trinajstić information content (AvgIpc) is 3.36. The third kappa shape index (κ3) is 5.56. The van der Waals surface area contributed by atoms with Crippen LogP contribution in [0.1, 0.15) is 55.6 Å². The van der Waals surface area contributed by atoms with Crippen molar-refractivity contribution in [1.29, 1.82) is 0 Å². The van der Waals surface area contributed by atoms with Crippen molar-refractivity contribution < 1.29 is 9.59 Å². The predicted molar refractivity (Wildman–Crippen MR) is 158 cm³/mol. The summed E-state index contributed by atoms with van der Waals surface area (Å²) in [6.07, 6.45) is 9.72. The van der Waals surface area contributed by atoms with Gasteiger partial charge in [0.25, 0.3) is 0 Å². The second-order valence-electron chi connectivity index (χ2n) is 12.9. The van der Waals surface area contributed by atoms with Crippen LogP contribution >= 0.6 is 0 Å². The molecule has 1 aliphatic carbocycles. The van der Waals surface area contributed by atoms with Crippen molar-refractivity contribution in [2.45, 2.75) is 51.0 Å². The summed E-state index contributed by atoms with van der Waals surface area (Å²) < 4.78 is 1.85. The number of amides is 2. The lowest BCUT2D eigenvalue weighted by Gasteiger charge is -2.39. The van der Waals surface area contributed by atoms with Gasteiger partial charge >= 0.3 is 0 Å². The summed E-state index contributed by atoms with van der Waals surface area (Å²) in [5, 5.41) is 4.30. The van der Waals surface area contributed by atoms with Crippen LogP contribution in [0.5, 0.6) is 0 Å². The maximum atomic E-state index is 13.7. The standard InChI is InChI=1S/C34H41N5O2/c40-32(21-26-7-8-26)38-24-29(31(25-38)28-5-2-1-3-6-28)23-36-18-13-34(14-19-36)15-20-37(33(34)41)22-27-9-11-30(12-10-27)39-17-4-16-35-39/h1-6,9-12,16-17,26,29,31H,7-8,13-15,18-25H2/t29-,31?/m0/s1. The largest absolute Gasteiger partial charge is 0.342 e. The van der Waals surface area contributed by atoms with Gasteiger partial charge in [-0.2, -0.15) is 5.10 Å². The second-order valence-corrected chi connectivity index (χ2v) is 12.9. The van der Waals surface area contributed by atoms with Crippen LogP contribution in [0.2, 0.25) is 0 Å². The molecule has 0 N–H and O–H groups in total. The van der Waals surface area contributed by atoms with E-state index in [0.29, 0.717) is 36.1 Å². The number of aromatic nitrogens is 2. The second kappa shape index (κ2) is 11.1. The van der Waals surface area contributed by atoms with E-state index >= 15 is 0 Å². The highest BCUT2D eigenvalue weighted by Gasteiger charge is 2.48. The Morgan fingerprint density at radius 2 is 1.66 bits per heavy atom. The van der Waals surface area contributed by atoms with E-state index in [1.807, 2.05) is 16.9 Å². The molecule has 1 spiro atoms. The van der Waals surface area contributed by atoms with Crippen molar-refractivity contribution in [2.24, 2.45) is 17.3 Å². The summed E-state index contributed by atoms with van der Waals surface area (Å²) in [4.78, 5) is 33.5. The quantitative estimate of drug-likeness (QED) is 0.406. The van der Waals surface area contributed by atoms with Crippen molar-refractivity contribution in [3.05, 3.63) is 84.2 Å². The molecule has 2 aromatic carbocycles.